The number of Topliss-reactive ketones (excluding diaryl/α,β-unsaturated/α-hetero) is 1. The molecule has 98 valence electrons. The minimum absolute atomic E-state index is 0.0714. The van der Waals surface area contributed by atoms with Crippen molar-refractivity contribution in [3.8, 4) is 0 Å². The number of carbonyl (C=O) groups excluding carboxylic acids is 1. The van der Waals surface area contributed by atoms with Crippen molar-refractivity contribution < 1.29 is 4.79 Å². The first-order valence-electron chi connectivity index (χ1n) is 5.72. The van der Waals surface area contributed by atoms with E-state index >= 15 is 0 Å². The predicted molar refractivity (Wildman–Crippen MR) is 80.7 cm³/mol. The summed E-state index contributed by atoms with van der Waals surface area (Å²) in [6.07, 6.45) is 0.183. The molecule has 0 aliphatic rings. The zero-order valence-corrected chi connectivity index (χ0v) is 12.5. The molecule has 0 saturated heterocycles. The summed E-state index contributed by atoms with van der Waals surface area (Å²) in [6.45, 7) is 1.87. The van der Waals surface area contributed by atoms with Gasteiger partial charge in [-0.2, -0.15) is 0 Å². The minimum atomic E-state index is -0.0714. The van der Waals surface area contributed by atoms with E-state index in [1.807, 2.05) is 19.1 Å². The van der Waals surface area contributed by atoms with Crippen LogP contribution in [-0.2, 0) is 6.42 Å². The van der Waals surface area contributed by atoms with Gasteiger partial charge in [-0.25, -0.2) is 0 Å². The molecule has 0 atom stereocenters. The standard InChI is InChI=1S/C15H11Cl3O/c1-9-4-2-6-11(14(9)17)13(19)8-10-5-3-7-12(16)15(10)18/h2-7H,8H2,1H3. The normalized spacial score (nSPS) is 10.5. The molecule has 2 rings (SSSR count). The first-order valence-corrected chi connectivity index (χ1v) is 6.85. The third kappa shape index (κ3) is 3.11. The first-order chi connectivity index (χ1) is 9.00. The van der Waals surface area contributed by atoms with Gasteiger partial charge in [-0.05, 0) is 30.2 Å². The fourth-order valence-corrected chi connectivity index (χ4v) is 2.43. The third-order valence-corrected chi connectivity index (χ3v) is 4.23. The molecule has 0 N–H and O–H groups in total. The Hall–Kier alpha value is -1.02. The van der Waals surface area contributed by atoms with Gasteiger partial charge in [0.15, 0.2) is 5.78 Å². The summed E-state index contributed by atoms with van der Waals surface area (Å²) in [5.41, 5.74) is 2.10. The van der Waals surface area contributed by atoms with Crippen molar-refractivity contribution in [3.05, 3.63) is 68.2 Å². The molecule has 2 aromatic carbocycles. The zero-order chi connectivity index (χ0) is 14.0. The molecule has 0 heterocycles. The van der Waals surface area contributed by atoms with Gasteiger partial charge in [0, 0.05) is 12.0 Å². The topological polar surface area (TPSA) is 17.1 Å². The molecule has 0 spiro atoms. The van der Waals surface area contributed by atoms with Crippen LogP contribution in [0.4, 0.5) is 0 Å². The number of benzene rings is 2. The summed E-state index contributed by atoms with van der Waals surface area (Å²) in [6, 6.07) is 10.7. The van der Waals surface area contributed by atoms with E-state index in [2.05, 4.69) is 0 Å². The molecule has 0 aromatic heterocycles. The lowest BCUT2D eigenvalue weighted by molar-refractivity contribution is 0.0993. The monoisotopic (exact) mass is 312 g/mol. The van der Waals surface area contributed by atoms with Crippen LogP contribution in [0.15, 0.2) is 36.4 Å². The van der Waals surface area contributed by atoms with E-state index in [1.165, 1.54) is 0 Å². The maximum absolute atomic E-state index is 12.3. The smallest absolute Gasteiger partial charge is 0.168 e. The second kappa shape index (κ2) is 5.96. The number of rotatable bonds is 3. The molecule has 0 unspecified atom stereocenters. The van der Waals surface area contributed by atoms with Crippen molar-refractivity contribution in [2.24, 2.45) is 0 Å². The lowest BCUT2D eigenvalue weighted by Gasteiger charge is -2.08. The molecule has 1 nitrogen and oxygen atoms in total. The number of hydrogen-bond donors (Lipinski definition) is 0. The first kappa shape index (κ1) is 14.4. The average molecular weight is 314 g/mol. The van der Waals surface area contributed by atoms with Crippen LogP contribution >= 0.6 is 34.8 Å². The Labute approximate surface area is 127 Å². The molecular weight excluding hydrogens is 303 g/mol. The Morgan fingerprint density at radius 3 is 2.42 bits per heavy atom. The Morgan fingerprint density at radius 2 is 1.68 bits per heavy atom. The van der Waals surface area contributed by atoms with E-state index in [4.69, 9.17) is 34.8 Å². The third-order valence-electron chi connectivity index (χ3n) is 2.87. The summed E-state index contributed by atoms with van der Waals surface area (Å²) in [7, 11) is 0. The predicted octanol–water partition coefficient (Wildman–Crippen LogP) is 5.38. The Bertz CT molecular complexity index is 635. The fourth-order valence-electron chi connectivity index (χ4n) is 1.82. The molecular formula is C15H11Cl3O. The zero-order valence-electron chi connectivity index (χ0n) is 10.2. The maximum atomic E-state index is 12.3. The van der Waals surface area contributed by atoms with Gasteiger partial charge in [0.05, 0.1) is 15.1 Å². The minimum Gasteiger partial charge on any atom is -0.294 e. The highest BCUT2D eigenvalue weighted by atomic mass is 35.5. The summed E-state index contributed by atoms with van der Waals surface area (Å²) >= 11 is 18.2. The number of carbonyl (C=O) groups is 1. The molecule has 4 heteroatoms. The highest BCUT2D eigenvalue weighted by Gasteiger charge is 2.14. The van der Waals surface area contributed by atoms with Crippen molar-refractivity contribution in [1.29, 1.82) is 0 Å². The molecule has 19 heavy (non-hydrogen) atoms. The van der Waals surface area contributed by atoms with E-state index in [0.29, 0.717) is 26.2 Å². The van der Waals surface area contributed by atoms with Crippen LogP contribution in [0.25, 0.3) is 0 Å². The number of aryl methyl sites for hydroxylation is 1. The molecule has 0 fully saturated rings. The lowest BCUT2D eigenvalue weighted by atomic mass is 10.0. The second-order valence-electron chi connectivity index (χ2n) is 4.25. The molecule has 0 aliphatic heterocycles. The summed E-state index contributed by atoms with van der Waals surface area (Å²) < 4.78 is 0. The summed E-state index contributed by atoms with van der Waals surface area (Å²) in [5.74, 6) is -0.0714. The molecule has 0 bridgehead atoms. The van der Waals surface area contributed by atoms with Gasteiger partial charge in [0.1, 0.15) is 0 Å². The van der Waals surface area contributed by atoms with Gasteiger partial charge < -0.3 is 0 Å². The quantitative estimate of drug-likeness (QED) is 0.695. The van der Waals surface area contributed by atoms with Crippen molar-refractivity contribution in [2.45, 2.75) is 13.3 Å². The lowest BCUT2D eigenvalue weighted by Crippen LogP contribution is -2.05. The van der Waals surface area contributed by atoms with Gasteiger partial charge in [-0.15, -0.1) is 0 Å². The van der Waals surface area contributed by atoms with Crippen LogP contribution in [0, 0.1) is 6.92 Å². The molecule has 0 aliphatic carbocycles. The van der Waals surface area contributed by atoms with Crippen molar-refractivity contribution in [2.75, 3.05) is 0 Å². The number of ketones is 1. The molecule has 2 aromatic rings. The summed E-state index contributed by atoms with van der Waals surface area (Å²) in [5, 5.41) is 1.36. The Morgan fingerprint density at radius 1 is 1.00 bits per heavy atom. The Kier molecular flexibility index (Phi) is 4.51. The van der Waals surface area contributed by atoms with Gasteiger partial charge in [0.2, 0.25) is 0 Å². The Balaban J connectivity index is 2.31. The van der Waals surface area contributed by atoms with Gasteiger partial charge in [0.25, 0.3) is 0 Å². The van der Waals surface area contributed by atoms with Gasteiger partial charge in [-0.3, -0.25) is 4.79 Å². The number of hydrogen-bond acceptors (Lipinski definition) is 1. The van der Waals surface area contributed by atoms with Crippen LogP contribution in [0.1, 0.15) is 21.5 Å². The highest BCUT2D eigenvalue weighted by Crippen LogP contribution is 2.28. The van der Waals surface area contributed by atoms with Crippen LogP contribution in [0.2, 0.25) is 15.1 Å². The fraction of sp³-hybridized carbons (Fsp3) is 0.133. The van der Waals surface area contributed by atoms with Crippen LogP contribution in [0.3, 0.4) is 0 Å². The van der Waals surface area contributed by atoms with Gasteiger partial charge >= 0.3 is 0 Å². The van der Waals surface area contributed by atoms with Crippen molar-refractivity contribution in [3.63, 3.8) is 0 Å². The average Bonchev–Trinajstić information content (AvgIpc) is 2.38. The van der Waals surface area contributed by atoms with Crippen LogP contribution < -0.4 is 0 Å². The van der Waals surface area contributed by atoms with E-state index in [0.717, 1.165) is 5.56 Å². The van der Waals surface area contributed by atoms with Crippen molar-refractivity contribution >= 4 is 40.6 Å². The van der Waals surface area contributed by atoms with Crippen molar-refractivity contribution in [1.82, 2.24) is 0 Å². The SMILES string of the molecule is Cc1cccc(C(=O)Cc2cccc(Cl)c2Cl)c1Cl. The highest BCUT2D eigenvalue weighted by molar-refractivity contribution is 6.42. The number of halogens is 3. The van der Waals surface area contributed by atoms with E-state index in [1.54, 1.807) is 24.3 Å². The van der Waals surface area contributed by atoms with Crippen LogP contribution in [-0.4, -0.2) is 5.78 Å². The largest absolute Gasteiger partial charge is 0.294 e. The molecule has 0 amide bonds. The van der Waals surface area contributed by atoms with E-state index in [9.17, 15) is 4.79 Å². The molecule has 0 saturated carbocycles. The summed E-state index contributed by atoms with van der Waals surface area (Å²) in [4.78, 5) is 12.3. The van der Waals surface area contributed by atoms with Gasteiger partial charge in [-0.1, -0.05) is 59.1 Å². The molecule has 0 radical (unpaired) electrons. The van der Waals surface area contributed by atoms with E-state index < -0.39 is 0 Å². The second-order valence-corrected chi connectivity index (χ2v) is 5.41. The van der Waals surface area contributed by atoms with E-state index in [-0.39, 0.29) is 12.2 Å². The van der Waals surface area contributed by atoms with Crippen LogP contribution in [0.5, 0.6) is 0 Å². The maximum Gasteiger partial charge on any atom is 0.168 e.